The summed E-state index contributed by atoms with van der Waals surface area (Å²) < 4.78 is 41.3. The molecule has 0 aliphatic carbocycles. The number of nitrogens with one attached hydrogen (secondary N) is 1. The zero-order valence-electron chi connectivity index (χ0n) is 11.1. The van der Waals surface area contributed by atoms with E-state index in [0.717, 1.165) is 18.2 Å². The zero-order chi connectivity index (χ0) is 15.6. The van der Waals surface area contributed by atoms with Gasteiger partial charge in [0.15, 0.2) is 0 Å². The van der Waals surface area contributed by atoms with Crippen LogP contribution in [0.4, 0.5) is 10.1 Å². The van der Waals surface area contributed by atoms with E-state index < -0.39 is 21.7 Å². The average molecular weight is 312 g/mol. The van der Waals surface area contributed by atoms with Crippen LogP contribution in [0.25, 0.3) is 0 Å². The Morgan fingerprint density at radius 1 is 1.38 bits per heavy atom. The normalized spacial score (nSPS) is 11.4. The molecular formula is C13H13FN2O4S. The van der Waals surface area contributed by atoms with Crippen molar-refractivity contribution in [3.05, 3.63) is 47.7 Å². The first kappa shape index (κ1) is 15.2. The van der Waals surface area contributed by atoms with Gasteiger partial charge in [0.1, 0.15) is 11.6 Å². The predicted octanol–water partition coefficient (Wildman–Crippen LogP) is 1.88. The molecule has 0 unspecified atom stereocenters. The van der Waals surface area contributed by atoms with Crippen LogP contribution in [0, 0.1) is 5.82 Å². The van der Waals surface area contributed by atoms with Crippen LogP contribution < -0.4 is 10.5 Å². The van der Waals surface area contributed by atoms with E-state index in [-0.39, 0.29) is 16.1 Å². The number of benzene rings is 1. The highest BCUT2D eigenvalue weighted by Crippen LogP contribution is 2.20. The molecule has 0 radical (unpaired) electrons. The van der Waals surface area contributed by atoms with Crippen molar-refractivity contribution >= 4 is 21.6 Å². The maximum absolute atomic E-state index is 13.7. The number of rotatable bonds is 4. The predicted molar refractivity (Wildman–Crippen MR) is 73.8 cm³/mol. The lowest BCUT2D eigenvalue weighted by Gasteiger charge is -2.08. The monoisotopic (exact) mass is 312 g/mol. The lowest BCUT2D eigenvalue weighted by atomic mass is 10.2. The topological polar surface area (TPSA) is 102 Å². The third-order valence-corrected chi connectivity index (χ3v) is 3.74. The maximum atomic E-state index is 13.7. The van der Waals surface area contributed by atoms with Crippen LogP contribution >= 0.6 is 0 Å². The quantitative estimate of drug-likeness (QED) is 0.899. The maximum Gasteiger partial charge on any atom is 0.259 e. The molecule has 1 aromatic carbocycles. The molecule has 0 fully saturated rings. The van der Waals surface area contributed by atoms with Gasteiger partial charge in [-0.2, -0.15) is 0 Å². The Hall–Kier alpha value is -2.19. The Morgan fingerprint density at radius 3 is 2.71 bits per heavy atom. The Morgan fingerprint density at radius 2 is 2.10 bits per heavy atom. The molecule has 8 heteroatoms. The minimum atomic E-state index is -3.98. The average Bonchev–Trinajstić information content (AvgIpc) is 2.88. The van der Waals surface area contributed by atoms with Gasteiger partial charge in [-0.15, -0.1) is 0 Å². The number of carbonyl (C=O) groups excluding carboxylic acids is 1. The number of anilines is 1. The van der Waals surface area contributed by atoms with E-state index in [1.807, 2.05) is 0 Å². The van der Waals surface area contributed by atoms with Crippen molar-refractivity contribution < 1.29 is 22.0 Å². The van der Waals surface area contributed by atoms with E-state index >= 15 is 0 Å². The highest BCUT2D eigenvalue weighted by atomic mass is 32.2. The molecule has 0 saturated heterocycles. The van der Waals surface area contributed by atoms with Crippen molar-refractivity contribution in [2.75, 3.05) is 5.32 Å². The molecule has 2 rings (SSSR count). The second-order valence-corrected chi connectivity index (χ2v) is 5.81. The van der Waals surface area contributed by atoms with Crippen molar-refractivity contribution in [1.29, 1.82) is 0 Å². The number of aryl methyl sites for hydroxylation is 1. The number of primary sulfonamides is 1. The van der Waals surface area contributed by atoms with Crippen LogP contribution in [0.1, 0.15) is 23.0 Å². The first-order valence-electron chi connectivity index (χ1n) is 6.03. The van der Waals surface area contributed by atoms with Crippen LogP contribution in [0.2, 0.25) is 0 Å². The number of hydrogen-bond acceptors (Lipinski definition) is 4. The number of halogens is 1. The number of hydrogen-bond donors (Lipinski definition) is 2. The van der Waals surface area contributed by atoms with Crippen LogP contribution in [-0.4, -0.2) is 14.3 Å². The van der Waals surface area contributed by atoms with Gasteiger partial charge >= 0.3 is 0 Å². The Balaban J connectivity index is 2.33. The smallest absolute Gasteiger partial charge is 0.259 e. The van der Waals surface area contributed by atoms with Crippen molar-refractivity contribution in [3.8, 4) is 0 Å². The molecule has 21 heavy (non-hydrogen) atoms. The first-order valence-corrected chi connectivity index (χ1v) is 7.57. The highest BCUT2D eigenvalue weighted by Gasteiger charge is 2.17. The summed E-state index contributed by atoms with van der Waals surface area (Å²) in [6.45, 7) is 1.80. The summed E-state index contributed by atoms with van der Waals surface area (Å²) in [5, 5.41) is 7.27. The summed E-state index contributed by atoms with van der Waals surface area (Å²) in [6.07, 6.45) is 1.85. The molecule has 0 aliphatic heterocycles. The number of carbonyl (C=O) groups is 1. The second-order valence-electron chi connectivity index (χ2n) is 4.25. The van der Waals surface area contributed by atoms with Gasteiger partial charge in [-0.25, -0.2) is 17.9 Å². The molecule has 0 aliphatic rings. The molecule has 3 N–H and O–H groups in total. The lowest BCUT2D eigenvalue weighted by molar-refractivity contribution is 0.102. The van der Waals surface area contributed by atoms with Gasteiger partial charge in [-0.05, 0) is 24.3 Å². The number of sulfonamides is 1. The molecule has 6 nitrogen and oxygen atoms in total. The summed E-state index contributed by atoms with van der Waals surface area (Å²) in [4.78, 5) is 11.8. The Labute approximate surface area is 120 Å². The zero-order valence-corrected chi connectivity index (χ0v) is 11.9. The van der Waals surface area contributed by atoms with Gasteiger partial charge in [0, 0.05) is 6.42 Å². The van der Waals surface area contributed by atoms with Gasteiger partial charge in [0.05, 0.1) is 22.4 Å². The summed E-state index contributed by atoms with van der Waals surface area (Å²) in [7, 11) is -3.98. The summed E-state index contributed by atoms with van der Waals surface area (Å²) in [6, 6.07) is 4.37. The van der Waals surface area contributed by atoms with Gasteiger partial charge in [-0.3, -0.25) is 4.79 Å². The van der Waals surface area contributed by atoms with E-state index in [2.05, 4.69) is 5.32 Å². The van der Waals surface area contributed by atoms with Gasteiger partial charge in [0.2, 0.25) is 10.0 Å². The fourth-order valence-corrected chi connectivity index (χ4v) is 2.32. The minimum Gasteiger partial charge on any atom is -0.469 e. The number of furan rings is 1. The van der Waals surface area contributed by atoms with Gasteiger partial charge in [-0.1, -0.05) is 6.92 Å². The highest BCUT2D eigenvalue weighted by molar-refractivity contribution is 7.89. The fraction of sp³-hybridized carbons (Fsp3) is 0.154. The van der Waals surface area contributed by atoms with Crippen LogP contribution in [0.3, 0.4) is 0 Å². The fourth-order valence-electron chi connectivity index (χ4n) is 1.78. The Kier molecular flexibility index (Phi) is 4.10. The molecule has 2 aromatic rings. The van der Waals surface area contributed by atoms with Crippen molar-refractivity contribution in [1.82, 2.24) is 0 Å². The number of nitrogens with two attached hydrogens (primary N) is 1. The SMILES string of the molecule is CCc1occc1C(=O)Nc1cc(S(N)(=O)=O)ccc1F. The summed E-state index contributed by atoms with van der Waals surface area (Å²) in [5.74, 6) is -0.904. The molecule has 1 aromatic heterocycles. The molecular weight excluding hydrogens is 299 g/mol. The number of amides is 1. The molecule has 1 amide bonds. The van der Waals surface area contributed by atoms with Crippen LogP contribution in [0.15, 0.2) is 39.8 Å². The third kappa shape index (κ3) is 3.29. The van der Waals surface area contributed by atoms with E-state index in [0.29, 0.717) is 12.2 Å². The largest absolute Gasteiger partial charge is 0.469 e. The molecule has 0 saturated carbocycles. The van der Waals surface area contributed by atoms with Crippen LogP contribution in [0.5, 0.6) is 0 Å². The molecule has 0 bridgehead atoms. The second kappa shape index (κ2) is 5.66. The first-order chi connectivity index (χ1) is 9.82. The lowest BCUT2D eigenvalue weighted by Crippen LogP contribution is -2.16. The van der Waals surface area contributed by atoms with Gasteiger partial charge < -0.3 is 9.73 Å². The van der Waals surface area contributed by atoms with Gasteiger partial charge in [0.25, 0.3) is 5.91 Å². The molecule has 112 valence electrons. The minimum absolute atomic E-state index is 0.262. The van der Waals surface area contributed by atoms with E-state index in [9.17, 15) is 17.6 Å². The van der Waals surface area contributed by atoms with E-state index in [1.165, 1.54) is 12.3 Å². The summed E-state index contributed by atoms with van der Waals surface area (Å²) in [5.41, 5.74) is -0.00677. The Bertz CT molecular complexity index is 783. The standard InChI is InChI=1S/C13H13FN2O4S/c1-2-12-9(5-6-20-12)13(17)16-11-7-8(21(15,18)19)3-4-10(11)14/h3-7H,2H2,1H3,(H,16,17)(H2,15,18,19). The molecule has 0 atom stereocenters. The molecule has 0 spiro atoms. The third-order valence-electron chi connectivity index (χ3n) is 2.83. The van der Waals surface area contributed by atoms with Crippen LogP contribution in [-0.2, 0) is 16.4 Å². The molecule has 1 heterocycles. The summed E-state index contributed by atoms with van der Waals surface area (Å²) >= 11 is 0. The van der Waals surface area contributed by atoms with Crippen molar-refractivity contribution in [2.24, 2.45) is 5.14 Å². The van der Waals surface area contributed by atoms with Crippen molar-refractivity contribution in [3.63, 3.8) is 0 Å². The van der Waals surface area contributed by atoms with E-state index in [4.69, 9.17) is 9.56 Å². The van der Waals surface area contributed by atoms with Crippen molar-refractivity contribution in [2.45, 2.75) is 18.2 Å². The van der Waals surface area contributed by atoms with E-state index in [1.54, 1.807) is 6.92 Å².